The van der Waals surface area contributed by atoms with Crippen LogP contribution in [0.1, 0.15) is 35.2 Å². The van der Waals surface area contributed by atoms with Crippen molar-refractivity contribution in [3.05, 3.63) is 75.8 Å². The van der Waals surface area contributed by atoms with Gasteiger partial charge in [-0.3, -0.25) is 19.7 Å². The lowest BCUT2D eigenvalue weighted by molar-refractivity contribution is -0.384. The molecule has 0 N–H and O–H groups in total. The van der Waals surface area contributed by atoms with Gasteiger partial charge in [-0.15, -0.1) is 11.8 Å². The number of hydrogen-bond donors (Lipinski definition) is 0. The molecule has 2 aromatic carbocycles. The van der Waals surface area contributed by atoms with Crippen LogP contribution >= 0.6 is 11.8 Å². The highest BCUT2D eigenvalue weighted by molar-refractivity contribution is 8.00. The number of nitro benzene ring substituents is 1. The quantitative estimate of drug-likeness (QED) is 0.524. The molecule has 0 radical (unpaired) electrons. The van der Waals surface area contributed by atoms with Crippen LogP contribution in [0.2, 0.25) is 0 Å². The molecule has 0 aromatic heterocycles. The molecule has 2 aliphatic rings. The largest absolute Gasteiger partial charge is 0.338 e. The summed E-state index contributed by atoms with van der Waals surface area (Å²) in [5, 5.41) is 11.0. The van der Waals surface area contributed by atoms with Gasteiger partial charge in [0.2, 0.25) is 5.91 Å². The number of carbonyl (C=O) groups excluding carboxylic acids is 2. The fraction of sp³-hybridized carbons (Fsp3) is 0.391. The fourth-order valence-corrected chi connectivity index (χ4v) is 5.87. The van der Waals surface area contributed by atoms with Crippen molar-refractivity contribution in [3.63, 3.8) is 0 Å². The summed E-state index contributed by atoms with van der Waals surface area (Å²) < 4.78 is 0. The Morgan fingerprint density at radius 1 is 1.03 bits per heavy atom. The van der Waals surface area contributed by atoms with Crippen molar-refractivity contribution in [2.45, 2.75) is 30.6 Å². The molecule has 4 rings (SSSR count). The molecule has 0 saturated carbocycles. The van der Waals surface area contributed by atoms with E-state index in [0.29, 0.717) is 25.1 Å². The Bertz CT molecular complexity index is 974. The molecule has 1 spiro atoms. The summed E-state index contributed by atoms with van der Waals surface area (Å²) in [4.78, 5) is 39.9. The molecule has 2 aliphatic heterocycles. The fourth-order valence-electron chi connectivity index (χ4n) is 4.40. The van der Waals surface area contributed by atoms with E-state index < -0.39 is 4.92 Å². The first-order valence-electron chi connectivity index (χ1n) is 10.5. The number of nitro groups is 1. The molecule has 0 atom stereocenters. The molecular weight excluding hydrogens is 414 g/mol. The van der Waals surface area contributed by atoms with E-state index in [4.69, 9.17) is 0 Å². The number of piperidine rings is 1. The molecule has 31 heavy (non-hydrogen) atoms. The van der Waals surface area contributed by atoms with E-state index in [9.17, 15) is 19.7 Å². The highest BCUT2D eigenvalue weighted by Crippen LogP contribution is 2.44. The molecule has 0 aliphatic carbocycles. The van der Waals surface area contributed by atoms with Gasteiger partial charge in [-0.1, -0.05) is 36.4 Å². The average molecular weight is 440 g/mol. The van der Waals surface area contributed by atoms with Gasteiger partial charge in [-0.25, -0.2) is 0 Å². The lowest BCUT2D eigenvalue weighted by atomic mass is 10.00. The predicted molar refractivity (Wildman–Crippen MR) is 120 cm³/mol. The summed E-state index contributed by atoms with van der Waals surface area (Å²) in [6, 6.07) is 15.9. The summed E-state index contributed by atoms with van der Waals surface area (Å²) in [7, 11) is 0. The summed E-state index contributed by atoms with van der Waals surface area (Å²) in [5.74, 6) is 0.895. The number of carbonyl (C=O) groups is 2. The maximum Gasteiger partial charge on any atom is 0.270 e. The lowest BCUT2D eigenvalue weighted by Crippen LogP contribution is -2.53. The highest BCUT2D eigenvalue weighted by atomic mass is 32.2. The standard InChI is InChI=1S/C23H25N3O4S/c27-21(10-9-18-5-2-1-3-6-18)25-15-16-31-23(25)11-13-24(14-12-23)22(28)19-7-4-8-20(17-19)26(29)30/h1-8,17H,9-16H2. The zero-order valence-corrected chi connectivity index (χ0v) is 18.1. The van der Waals surface area contributed by atoms with Crippen molar-refractivity contribution in [1.29, 1.82) is 0 Å². The molecule has 2 fully saturated rings. The van der Waals surface area contributed by atoms with Gasteiger partial charge in [-0.2, -0.15) is 0 Å². The maximum atomic E-state index is 13.0. The van der Waals surface area contributed by atoms with Crippen LogP contribution in [0.4, 0.5) is 5.69 Å². The molecule has 0 bridgehead atoms. The molecular formula is C23H25N3O4S. The number of rotatable bonds is 5. The van der Waals surface area contributed by atoms with Crippen LogP contribution in [0.15, 0.2) is 54.6 Å². The number of nitrogens with zero attached hydrogens (tertiary/aromatic N) is 3. The van der Waals surface area contributed by atoms with E-state index in [1.54, 1.807) is 11.0 Å². The summed E-state index contributed by atoms with van der Waals surface area (Å²) in [5.41, 5.74) is 1.41. The van der Waals surface area contributed by atoms with E-state index >= 15 is 0 Å². The number of aryl methyl sites for hydroxylation is 1. The first-order chi connectivity index (χ1) is 15.0. The number of hydrogen-bond acceptors (Lipinski definition) is 5. The van der Waals surface area contributed by atoms with E-state index in [1.165, 1.54) is 18.2 Å². The Hall–Kier alpha value is -2.87. The van der Waals surface area contributed by atoms with Gasteiger partial charge in [0.15, 0.2) is 0 Å². The zero-order chi connectivity index (χ0) is 21.8. The Balaban J connectivity index is 1.38. The zero-order valence-electron chi connectivity index (χ0n) is 17.2. The minimum absolute atomic E-state index is 0.0825. The average Bonchev–Trinajstić information content (AvgIpc) is 3.21. The van der Waals surface area contributed by atoms with Gasteiger partial charge in [0.1, 0.15) is 0 Å². The second-order valence-corrected chi connectivity index (χ2v) is 9.38. The van der Waals surface area contributed by atoms with Crippen molar-refractivity contribution in [2.75, 3.05) is 25.4 Å². The Kier molecular flexibility index (Phi) is 6.27. The number of thioether (sulfide) groups is 1. The predicted octanol–water partition coefficient (Wildman–Crippen LogP) is 3.74. The maximum absolute atomic E-state index is 13.0. The molecule has 2 saturated heterocycles. The number of amides is 2. The van der Waals surface area contributed by atoms with Crippen LogP contribution in [0, 0.1) is 10.1 Å². The van der Waals surface area contributed by atoms with Gasteiger partial charge in [-0.05, 0) is 30.9 Å². The smallest absolute Gasteiger partial charge is 0.270 e. The molecule has 0 unspecified atom stereocenters. The highest BCUT2D eigenvalue weighted by Gasteiger charge is 2.46. The molecule has 2 amide bonds. The number of benzene rings is 2. The topological polar surface area (TPSA) is 83.8 Å². The normalized spacial score (nSPS) is 17.7. The number of non-ortho nitro benzene ring substituents is 1. The second-order valence-electron chi connectivity index (χ2n) is 7.93. The minimum atomic E-state index is -0.490. The van der Waals surface area contributed by atoms with Crippen molar-refractivity contribution in [2.24, 2.45) is 0 Å². The first kappa shape index (κ1) is 21.4. The van der Waals surface area contributed by atoms with Crippen LogP contribution in [-0.2, 0) is 11.2 Å². The third kappa shape index (κ3) is 4.58. The van der Waals surface area contributed by atoms with Gasteiger partial charge in [0.05, 0.1) is 9.79 Å². The summed E-state index contributed by atoms with van der Waals surface area (Å²) in [6.07, 6.45) is 2.65. The monoisotopic (exact) mass is 439 g/mol. The Labute approximate surface area is 185 Å². The van der Waals surface area contributed by atoms with Crippen LogP contribution in [0.3, 0.4) is 0 Å². The van der Waals surface area contributed by atoms with Crippen LogP contribution in [0.5, 0.6) is 0 Å². The van der Waals surface area contributed by atoms with Crippen molar-refractivity contribution >= 4 is 29.3 Å². The molecule has 2 aromatic rings. The van der Waals surface area contributed by atoms with Gasteiger partial charge >= 0.3 is 0 Å². The summed E-state index contributed by atoms with van der Waals surface area (Å²) in [6.45, 7) is 1.82. The molecule has 7 nitrogen and oxygen atoms in total. The third-order valence-electron chi connectivity index (χ3n) is 6.08. The Morgan fingerprint density at radius 2 is 1.77 bits per heavy atom. The van der Waals surface area contributed by atoms with Crippen LogP contribution in [-0.4, -0.2) is 56.8 Å². The van der Waals surface area contributed by atoms with Crippen molar-refractivity contribution in [3.8, 4) is 0 Å². The minimum Gasteiger partial charge on any atom is -0.338 e. The van der Waals surface area contributed by atoms with Crippen LogP contribution in [0.25, 0.3) is 0 Å². The van der Waals surface area contributed by atoms with Crippen LogP contribution < -0.4 is 0 Å². The summed E-state index contributed by atoms with van der Waals surface area (Å²) >= 11 is 1.82. The molecule has 8 heteroatoms. The third-order valence-corrected chi connectivity index (χ3v) is 7.64. The van der Waals surface area contributed by atoms with Gasteiger partial charge in [0.25, 0.3) is 11.6 Å². The van der Waals surface area contributed by atoms with E-state index in [1.807, 2.05) is 47.0 Å². The second kappa shape index (κ2) is 9.09. The lowest BCUT2D eigenvalue weighted by Gasteiger charge is -2.44. The van der Waals surface area contributed by atoms with Gasteiger partial charge < -0.3 is 9.80 Å². The van der Waals surface area contributed by atoms with E-state index in [0.717, 1.165) is 37.1 Å². The van der Waals surface area contributed by atoms with Gasteiger partial charge in [0, 0.05) is 49.5 Å². The molecule has 2 heterocycles. The van der Waals surface area contributed by atoms with E-state index in [-0.39, 0.29) is 22.4 Å². The number of likely N-dealkylation sites (tertiary alicyclic amines) is 1. The Morgan fingerprint density at radius 3 is 2.48 bits per heavy atom. The van der Waals surface area contributed by atoms with Crippen molar-refractivity contribution < 1.29 is 14.5 Å². The first-order valence-corrected chi connectivity index (χ1v) is 11.5. The van der Waals surface area contributed by atoms with E-state index in [2.05, 4.69) is 0 Å². The SMILES string of the molecule is O=C(c1cccc([N+](=O)[O-])c1)N1CCC2(CC1)SCCN2C(=O)CCc1ccccc1. The molecule has 162 valence electrons. The van der Waals surface area contributed by atoms with Crippen molar-refractivity contribution in [1.82, 2.24) is 9.80 Å².